The van der Waals surface area contributed by atoms with Crippen molar-refractivity contribution in [3.63, 3.8) is 0 Å². The fourth-order valence-electron chi connectivity index (χ4n) is 4.53. The van der Waals surface area contributed by atoms with Gasteiger partial charge in [0, 0.05) is 12.3 Å². The molecule has 1 N–H and O–H groups in total. The molecule has 1 aromatic carbocycles. The molecule has 3 aromatic heterocycles. The second-order valence-corrected chi connectivity index (χ2v) is 11.7. The lowest BCUT2D eigenvalue weighted by Crippen LogP contribution is -2.35. The predicted octanol–water partition coefficient (Wildman–Crippen LogP) is 3.43. The Morgan fingerprint density at radius 2 is 1.93 bits per heavy atom. The van der Waals surface area contributed by atoms with Crippen LogP contribution < -0.4 is 14.2 Å². The first-order valence-corrected chi connectivity index (χ1v) is 14.4. The molecule has 0 radical (unpaired) electrons. The molecule has 0 amide bonds. The normalized spacial score (nSPS) is 15.9. The Hall–Kier alpha value is -4.68. The van der Waals surface area contributed by atoms with Crippen LogP contribution in [0.1, 0.15) is 49.9 Å². The van der Waals surface area contributed by atoms with Crippen LogP contribution in [0.3, 0.4) is 0 Å². The second-order valence-electron chi connectivity index (χ2n) is 9.69. The van der Waals surface area contributed by atoms with Crippen molar-refractivity contribution in [2.75, 3.05) is 18.4 Å². The summed E-state index contributed by atoms with van der Waals surface area (Å²) < 4.78 is 62.7. The van der Waals surface area contributed by atoms with Crippen LogP contribution in [-0.2, 0) is 14.8 Å². The third kappa shape index (κ3) is 5.58. The number of aromatic nitrogens is 6. The summed E-state index contributed by atoms with van der Waals surface area (Å²) in [6.07, 6.45) is 1.88. The van der Waals surface area contributed by atoms with Crippen LogP contribution in [0.4, 0.5) is 10.3 Å². The largest absolute Gasteiger partial charge is 0.493 e. The predicted molar refractivity (Wildman–Crippen MR) is 148 cm³/mol. The van der Waals surface area contributed by atoms with Crippen LogP contribution in [-0.4, -0.2) is 63.2 Å². The Bertz CT molecular complexity index is 1740. The summed E-state index contributed by atoms with van der Waals surface area (Å²) >= 11 is 0. The highest BCUT2D eigenvalue weighted by molar-refractivity contribution is 7.93. The standard InChI is InChI=1S/C27H27FN8O5S/c1-15(2)41-23(25-31-12-19(28)13-32-25)16(3)42(37,38)35-27-34-33-26-22-24(21(39-4)8-9-30-22)40-14-20(36(26)27)18-7-5-6-17(10-18)11-29/h5-10,12-13,15-16,20,23H,14H2,1-4H3,(H,34,35)/t16-,20?,23+/m0/s1. The number of halogens is 1. The lowest BCUT2D eigenvalue weighted by Gasteiger charge is -2.26. The zero-order chi connectivity index (χ0) is 30.0. The van der Waals surface area contributed by atoms with E-state index in [1.807, 2.05) is 0 Å². The maximum absolute atomic E-state index is 13.8. The van der Waals surface area contributed by atoms with Crippen LogP contribution in [0.25, 0.3) is 11.5 Å². The number of hydrogen-bond donors (Lipinski definition) is 1. The van der Waals surface area contributed by atoms with Gasteiger partial charge in [0.2, 0.25) is 16.0 Å². The average molecular weight is 595 g/mol. The number of nitrogens with zero attached hydrogens (tertiary/aromatic N) is 7. The molecule has 4 heterocycles. The Morgan fingerprint density at radius 1 is 1.17 bits per heavy atom. The minimum absolute atomic E-state index is 0.00728. The van der Waals surface area contributed by atoms with Crippen molar-refractivity contribution >= 4 is 16.0 Å². The summed E-state index contributed by atoms with van der Waals surface area (Å²) in [4.78, 5) is 12.3. The molecule has 1 aliphatic rings. The van der Waals surface area contributed by atoms with Crippen LogP contribution in [0.15, 0.2) is 48.9 Å². The maximum Gasteiger partial charge on any atom is 0.240 e. The van der Waals surface area contributed by atoms with Crippen molar-refractivity contribution in [2.45, 2.75) is 44.3 Å². The number of ether oxygens (including phenoxy) is 3. The van der Waals surface area contributed by atoms with E-state index in [1.165, 1.54) is 20.2 Å². The molecule has 3 atom stereocenters. The summed E-state index contributed by atoms with van der Waals surface area (Å²) in [6, 6.07) is 9.93. The van der Waals surface area contributed by atoms with E-state index in [0.29, 0.717) is 28.3 Å². The van der Waals surface area contributed by atoms with Gasteiger partial charge in [-0.15, -0.1) is 10.2 Å². The first-order chi connectivity index (χ1) is 20.1. The molecule has 0 saturated heterocycles. The van der Waals surface area contributed by atoms with Crippen molar-refractivity contribution in [1.29, 1.82) is 5.26 Å². The molecule has 42 heavy (non-hydrogen) atoms. The molecule has 218 valence electrons. The smallest absolute Gasteiger partial charge is 0.240 e. The Balaban J connectivity index is 1.60. The highest BCUT2D eigenvalue weighted by atomic mass is 32.2. The van der Waals surface area contributed by atoms with Gasteiger partial charge in [0.1, 0.15) is 18.0 Å². The van der Waals surface area contributed by atoms with Crippen LogP contribution in [0.2, 0.25) is 0 Å². The van der Waals surface area contributed by atoms with Crippen molar-refractivity contribution in [3.8, 4) is 29.1 Å². The van der Waals surface area contributed by atoms with Crippen LogP contribution in [0.5, 0.6) is 11.5 Å². The van der Waals surface area contributed by atoms with Crippen LogP contribution >= 0.6 is 0 Å². The monoisotopic (exact) mass is 594 g/mol. The average Bonchev–Trinajstić information content (AvgIpc) is 3.29. The molecule has 15 heteroatoms. The number of fused-ring (bicyclic) bond motifs is 3. The van der Waals surface area contributed by atoms with Gasteiger partial charge in [0.05, 0.1) is 43.3 Å². The van der Waals surface area contributed by atoms with Crippen molar-refractivity contribution in [3.05, 3.63) is 71.7 Å². The number of benzene rings is 1. The second kappa shape index (κ2) is 11.7. The number of anilines is 1. The fourth-order valence-corrected chi connectivity index (χ4v) is 5.62. The van der Waals surface area contributed by atoms with E-state index in [9.17, 15) is 18.1 Å². The Labute approximate surface area is 241 Å². The van der Waals surface area contributed by atoms with Gasteiger partial charge >= 0.3 is 0 Å². The highest BCUT2D eigenvalue weighted by Gasteiger charge is 2.38. The maximum atomic E-state index is 13.8. The summed E-state index contributed by atoms with van der Waals surface area (Å²) in [7, 11) is -2.76. The fraction of sp³-hybridized carbons (Fsp3) is 0.333. The molecule has 4 aromatic rings. The molecular formula is C27H27FN8O5S. The van der Waals surface area contributed by atoms with E-state index in [4.69, 9.17) is 14.2 Å². The van der Waals surface area contributed by atoms with E-state index in [1.54, 1.807) is 48.7 Å². The number of pyridine rings is 1. The van der Waals surface area contributed by atoms with E-state index in [0.717, 1.165) is 12.4 Å². The highest BCUT2D eigenvalue weighted by Crippen LogP contribution is 2.42. The molecule has 1 aliphatic heterocycles. The number of nitriles is 1. The number of rotatable bonds is 9. The lowest BCUT2D eigenvalue weighted by atomic mass is 10.0. The molecular weight excluding hydrogens is 567 g/mol. The first kappa shape index (κ1) is 28.8. The zero-order valence-corrected chi connectivity index (χ0v) is 23.9. The zero-order valence-electron chi connectivity index (χ0n) is 23.1. The summed E-state index contributed by atoms with van der Waals surface area (Å²) in [5, 5.41) is 16.7. The minimum atomic E-state index is -4.25. The van der Waals surface area contributed by atoms with Gasteiger partial charge in [0.25, 0.3) is 0 Å². The molecule has 0 spiro atoms. The lowest BCUT2D eigenvalue weighted by molar-refractivity contribution is 0.00144. The van der Waals surface area contributed by atoms with Gasteiger partial charge in [-0.1, -0.05) is 12.1 Å². The van der Waals surface area contributed by atoms with E-state index >= 15 is 0 Å². The molecule has 0 aliphatic carbocycles. The van der Waals surface area contributed by atoms with Gasteiger partial charge in [-0.05, 0) is 38.5 Å². The molecule has 0 bridgehead atoms. The quantitative estimate of drug-likeness (QED) is 0.301. The molecule has 1 unspecified atom stereocenters. The third-order valence-corrected chi connectivity index (χ3v) is 8.25. The number of sulfonamides is 1. The molecule has 0 fully saturated rings. The summed E-state index contributed by atoms with van der Waals surface area (Å²) in [6.45, 7) is 4.92. The van der Waals surface area contributed by atoms with Gasteiger partial charge < -0.3 is 14.2 Å². The van der Waals surface area contributed by atoms with Crippen LogP contribution in [0, 0.1) is 17.1 Å². The SMILES string of the molecule is COc1ccnc2c1OCC(c1cccc(C#N)c1)n1c(NS(=O)(=O)[C@@H](C)[C@@H](OC(C)C)c3ncc(F)cn3)nnc1-2. The van der Waals surface area contributed by atoms with Gasteiger partial charge in [-0.2, -0.15) is 5.26 Å². The Kier molecular flexibility index (Phi) is 8.01. The van der Waals surface area contributed by atoms with Gasteiger partial charge in [-0.3, -0.25) is 9.29 Å². The first-order valence-electron chi connectivity index (χ1n) is 12.9. The van der Waals surface area contributed by atoms with Gasteiger partial charge in [0.15, 0.2) is 34.7 Å². The molecule has 0 saturated carbocycles. The van der Waals surface area contributed by atoms with Crippen molar-refractivity contribution in [2.24, 2.45) is 0 Å². The Morgan fingerprint density at radius 3 is 2.62 bits per heavy atom. The number of hydrogen-bond acceptors (Lipinski definition) is 11. The topological polar surface area (TPSA) is 167 Å². The molecule has 13 nitrogen and oxygen atoms in total. The van der Waals surface area contributed by atoms with E-state index in [2.05, 4.69) is 35.9 Å². The van der Waals surface area contributed by atoms with Crippen molar-refractivity contribution < 1.29 is 27.0 Å². The van der Waals surface area contributed by atoms with E-state index < -0.39 is 39.3 Å². The van der Waals surface area contributed by atoms with E-state index in [-0.39, 0.29) is 24.2 Å². The molecule has 5 rings (SSSR count). The van der Waals surface area contributed by atoms with Gasteiger partial charge in [-0.25, -0.2) is 27.8 Å². The number of methoxy groups -OCH3 is 1. The third-order valence-electron chi connectivity index (χ3n) is 6.56. The summed E-state index contributed by atoms with van der Waals surface area (Å²) in [5.74, 6) is 0.164. The van der Waals surface area contributed by atoms with Crippen molar-refractivity contribution in [1.82, 2.24) is 29.7 Å². The summed E-state index contributed by atoms with van der Waals surface area (Å²) in [5.41, 5.74) is 1.35. The number of nitrogens with one attached hydrogen (secondary N) is 1. The minimum Gasteiger partial charge on any atom is -0.493 e.